The number of halogens is 3. The van der Waals surface area contributed by atoms with Gasteiger partial charge in [-0.2, -0.15) is 13.2 Å². The lowest BCUT2D eigenvalue weighted by Crippen LogP contribution is -2.05. The minimum atomic E-state index is -4.57. The van der Waals surface area contributed by atoms with E-state index in [1.54, 1.807) is 0 Å². The summed E-state index contributed by atoms with van der Waals surface area (Å²) in [5, 5.41) is 0. The van der Waals surface area contributed by atoms with Crippen LogP contribution < -0.4 is 0 Å². The second-order valence-corrected chi connectivity index (χ2v) is 8.35. The number of nitrogens with zero attached hydrogens (tertiary/aromatic N) is 2. The van der Waals surface area contributed by atoms with Gasteiger partial charge < -0.3 is 4.57 Å². The normalized spacial score (nSPS) is 12.3. The van der Waals surface area contributed by atoms with Gasteiger partial charge in [0.25, 0.3) is 0 Å². The Labute approximate surface area is 155 Å². The minimum absolute atomic E-state index is 0.0995. The summed E-state index contributed by atoms with van der Waals surface area (Å²) in [5.74, 6) is 0.221. The third kappa shape index (κ3) is 4.39. The average molecular weight is 394 g/mol. The van der Waals surface area contributed by atoms with Crippen molar-refractivity contribution in [3.05, 3.63) is 77.4 Å². The van der Waals surface area contributed by atoms with Crippen molar-refractivity contribution in [1.29, 1.82) is 0 Å². The highest BCUT2D eigenvalue weighted by atomic mass is 32.2. The highest BCUT2D eigenvalue weighted by molar-refractivity contribution is 7.90. The summed E-state index contributed by atoms with van der Waals surface area (Å²) in [6, 6.07) is 13.1. The van der Waals surface area contributed by atoms with Gasteiger partial charge in [0.15, 0.2) is 15.5 Å². The summed E-state index contributed by atoms with van der Waals surface area (Å²) in [7, 11) is -3.39. The first-order valence-corrected chi connectivity index (χ1v) is 9.95. The van der Waals surface area contributed by atoms with E-state index in [1.165, 1.54) is 28.8 Å². The van der Waals surface area contributed by atoms with Gasteiger partial charge in [0, 0.05) is 24.6 Å². The lowest BCUT2D eigenvalue weighted by molar-refractivity contribution is -0.141. The van der Waals surface area contributed by atoms with E-state index in [0.717, 1.165) is 23.6 Å². The lowest BCUT2D eigenvalue weighted by Gasteiger charge is -2.09. The van der Waals surface area contributed by atoms with Crippen LogP contribution in [0.1, 0.15) is 22.6 Å². The number of benzene rings is 2. The number of sulfone groups is 1. The van der Waals surface area contributed by atoms with E-state index in [2.05, 4.69) is 4.98 Å². The molecule has 3 aromatic rings. The molecule has 2 aromatic carbocycles. The molecule has 0 aliphatic heterocycles. The van der Waals surface area contributed by atoms with Gasteiger partial charge in [-0.05, 0) is 36.8 Å². The minimum Gasteiger partial charge on any atom is -0.303 e. The predicted octanol–water partition coefficient (Wildman–Crippen LogP) is 4.19. The number of aryl methyl sites for hydroxylation is 1. The van der Waals surface area contributed by atoms with Crippen LogP contribution in [0.3, 0.4) is 0 Å². The fourth-order valence-electron chi connectivity index (χ4n) is 2.65. The number of imidazole rings is 1. The molecular weight excluding hydrogens is 377 g/mol. The van der Waals surface area contributed by atoms with Gasteiger partial charge in [-0.25, -0.2) is 13.4 Å². The molecule has 0 bridgehead atoms. The van der Waals surface area contributed by atoms with Crippen molar-refractivity contribution in [2.24, 2.45) is 0 Å². The van der Waals surface area contributed by atoms with Crippen molar-refractivity contribution in [3.63, 3.8) is 0 Å². The summed E-state index contributed by atoms with van der Waals surface area (Å²) in [6.07, 6.45) is -2.35. The molecule has 0 atom stereocenters. The Morgan fingerprint density at radius 2 is 1.59 bits per heavy atom. The summed E-state index contributed by atoms with van der Waals surface area (Å²) >= 11 is 0. The molecular formula is C19H17F3N2O2S. The van der Waals surface area contributed by atoms with Crippen molar-refractivity contribution in [2.75, 3.05) is 6.26 Å². The van der Waals surface area contributed by atoms with Gasteiger partial charge >= 0.3 is 6.18 Å². The maximum atomic E-state index is 13.2. The maximum absolute atomic E-state index is 13.2. The maximum Gasteiger partial charge on any atom is 0.434 e. The molecule has 1 aromatic heterocycles. The molecule has 8 heteroatoms. The van der Waals surface area contributed by atoms with E-state index in [1.807, 2.05) is 31.2 Å². The Kier molecular flexibility index (Phi) is 4.86. The van der Waals surface area contributed by atoms with Crippen LogP contribution in [0.4, 0.5) is 13.2 Å². The van der Waals surface area contributed by atoms with Gasteiger partial charge in [0.2, 0.25) is 0 Å². The highest BCUT2D eigenvalue weighted by Gasteiger charge is 2.35. The van der Waals surface area contributed by atoms with Crippen molar-refractivity contribution in [2.45, 2.75) is 24.4 Å². The molecule has 0 saturated heterocycles. The topological polar surface area (TPSA) is 52.0 Å². The number of hydrogen-bond acceptors (Lipinski definition) is 3. The monoisotopic (exact) mass is 394 g/mol. The van der Waals surface area contributed by atoms with Crippen molar-refractivity contribution >= 4 is 9.84 Å². The molecule has 3 rings (SSSR count). The van der Waals surface area contributed by atoms with E-state index in [-0.39, 0.29) is 17.1 Å². The van der Waals surface area contributed by atoms with Crippen LogP contribution in [0.25, 0.3) is 5.69 Å². The quantitative estimate of drug-likeness (QED) is 0.667. The molecule has 0 amide bonds. The molecule has 0 aliphatic rings. The summed E-state index contributed by atoms with van der Waals surface area (Å²) in [4.78, 5) is 3.87. The Morgan fingerprint density at radius 1 is 1.00 bits per heavy atom. The van der Waals surface area contributed by atoms with Crippen LogP contribution >= 0.6 is 0 Å². The molecule has 0 unspecified atom stereocenters. The third-order valence-corrected chi connectivity index (χ3v) is 5.22. The smallest absolute Gasteiger partial charge is 0.303 e. The second-order valence-electron chi connectivity index (χ2n) is 6.34. The first-order chi connectivity index (χ1) is 12.5. The van der Waals surface area contributed by atoms with Gasteiger partial charge in [-0.15, -0.1) is 0 Å². The molecule has 0 N–H and O–H groups in total. The Bertz CT molecular complexity index is 1050. The lowest BCUT2D eigenvalue weighted by atomic mass is 10.1. The van der Waals surface area contributed by atoms with Crippen molar-refractivity contribution in [1.82, 2.24) is 9.55 Å². The third-order valence-electron chi connectivity index (χ3n) is 4.10. The predicted molar refractivity (Wildman–Crippen MR) is 95.7 cm³/mol. The number of alkyl halides is 3. The zero-order valence-corrected chi connectivity index (χ0v) is 15.5. The molecule has 0 fully saturated rings. The van der Waals surface area contributed by atoms with Crippen LogP contribution in [-0.4, -0.2) is 24.2 Å². The average Bonchev–Trinajstić information content (AvgIpc) is 3.00. The van der Waals surface area contributed by atoms with E-state index in [9.17, 15) is 21.6 Å². The van der Waals surface area contributed by atoms with E-state index in [4.69, 9.17) is 0 Å². The van der Waals surface area contributed by atoms with Gasteiger partial charge in [-0.1, -0.05) is 29.8 Å². The number of aromatic nitrogens is 2. The molecule has 142 valence electrons. The first kappa shape index (κ1) is 19.2. The van der Waals surface area contributed by atoms with Crippen molar-refractivity contribution in [3.8, 4) is 5.69 Å². The van der Waals surface area contributed by atoms with Gasteiger partial charge in [0.05, 0.1) is 4.90 Å². The summed E-state index contributed by atoms with van der Waals surface area (Å²) in [5.41, 5.74) is 1.30. The van der Waals surface area contributed by atoms with Crippen LogP contribution in [0, 0.1) is 6.92 Å². The Morgan fingerprint density at radius 3 is 2.11 bits per heavy atom. The first-order valence-electron chi connectivity index (χ1n) is 8.05. The molecule has 27 heavy (non-hydrogen) atoms. The number of hydrogen-bond donors (Lipinski definition) is 0. The molecule has 4 nitrogen and oxygen atoms in total. The number of rotatable bonds is 4. The van der Waals surface area contributed by atoms with Crippen molar-refractivity contribution < 1.29 is 21.6 Å². The molecule has 1 heterocycles. The van der Waals surface area contributed by atoms with E-state index >= 15 is 0 Å². The summed E-state index contributed by atoms with van der Waals surface area (Å²) in [6.45, 7) is 1.93. The highest BCUT2D eigenvalue weighted by Crippen LogP contribution is 2.30. The van der Waals surface area contributed by atoms with Crippen LogP contribution in [-0.2, 0) is 22.4 Å². The zero-order valence-electron chi connectivity index (χ0n) is 14.7. The van der Waals surface area contributed by atoms with Crippen LogP contribution in [0.2, 0.25) is 0 Å². The van der Waals surface area contributed by atoms with E-state index < -0.39 is 21.7 Å². The van der Waals surface area contributed by atoms with Crippen LogP contribution in [0.15, 0.2) is 59.6 Å². The fraction of sp³-hybridized carbons (Fsp3) is 0.211. The van der Waals surface area contributed by atoms with Gasteiger partial charge in [-0.3, -0.25) is 0 Å². The standard InChI is InChI=1S/C19H17F3N2O2S/c1-13-3-5-14(6-4-13)11-18-23-17(19(20,21)22)12-24(18)15-7-9-16(10-8-15)27(2,25)26/h3-10,12H,11H2,1-2H3. The molecule has 0 radical (unpaired) electrons. The van der Waals surface area contributed by atoms with Gasteiger partial charge in [0.1, 0.15) is 5.82 Å². The Balaban J connectivity index is 2.05. The zero-order chi connectivity index (χ0) is 19.8. The summed E-state index contributed by atoms with van der Waals surface area (Å²) < 4.78 is 64.0. The Hall–Kier alpha value is -2.61. The fourth-order valence-corrected chi connectivity index (χ4v) is 3.28. The SMILES string of the molecule is Cc1ccc(Cc2nc(C(F)(F)F)cn2-c2ccc(S(C)(=O)=O)cc2)cc1. The second kappa shape index (κ2) is 6.84. The molecule has 0 aliphatic carbocycles. The largest absolute Gasteiger partial charge is 0.434 e. The van der Waals surface area contributed by atoms with Crippen LogP contribution in [0.5, 0.6) is 0 Å². The molecule has 0 spiro atoms. The van der Waals surface area contributed by atoms with E-state index in [0.29, 0.717) is 5.69 Å². The molecule has 0 saturated carbocycles.